The number of halogens is 1. The summed E-state index contributed by atoms with van der Waals surface area (Å²) in [5.74, 6) is 0. The summed E-state index contributed by atoms with van der Waals surface area (Å²) in [4.78, 5) is 0. The highest BCUT2D eigenvalue weighted by molar-refractivity contribution is 7.91. The molecule has 7 heteroatoms. The summed E-state index contributed by atoms with van der Waals surface area (Å²) in [6, 6.07) is 3.12. The second-order valence-electron chi connectivity index (χ2n) is 4.02. The molecule has 0 amide bonds. The minimum atomic E-state index is -3.40. The predicted molar refractivity (Wildman–Crippen MR) is 74.7 cm³/mol. The fourth-order valence-corrected chi connectivity index (χ4v) is 4.31. The van der Waals surface area contributed by atoms with Crippen molar-refractivity contribution in [1.29, 1.82) is 0 Å². The van der Waals surface area contributed by atoms with Crippen LogP contribution < -0.4 is 10.0 Å². The molecule has 1 aromatic rings. The lowest BCUT2D eigenvalue weighted by molar-refractivity contribution is 0.582. The van der Waals surface area contributed by atoms with Gasteiger partial charge in [-0.3, -0.25) is 0 Å². The van der Waals surface area contributed by atoms with Crippen LogP contribution >= 0.6 is 22.9 Å². The van der Waals surface area contributed by atoms with Crippen molar-refractivity contribution in [3.8, 4) is 0 Å². The normalized spacial score (nSPS) is 16.6. The van der Waals surface area contributed by atoms with Gasteiger partial charge in [0, 0.05) is 13.1 Å². The van der Waals surface area contributed by atoms with E-state index in [1.165, 1.54) is 11.6 Å². The lowest BCUT2D eigenvalue weighted by Gasteiger charge is -2.13. The van der Waals surface area contributed by atoms with Crippen molar-refractivity contribution in [2.75, 3.05) is 19.6 Å². The molecule has 1 aliphatic heterocycles. The van der Waals surface area contributed by atoms with Crippen molar-refractivity contribution in [2.45, 2.75) is 17.1 Å². The number of sulfonamides is 1. The molecule has 0 spiro atoms. The fraction of sp³-hybridized carbons (Fsp3) is 0.455. The standard InChI is InChI=1S/C11H15ClN2O2S2/c12-10-1-2-11(17-10)18(15,16)14-8-5-9-3-6-13-7-4-9/h1-3,13-14H,4-8H2. The Balaban J connectivity index is 1.87. The van der Waals surface area contributed by atoms with Gasteiger partial charge in [0.2, 0.25) is 10.0 Å². The summed E-state index contributed by atoms with van der Waals surface area (Å²) >= 11 is 6.80. The van der Waals surface area contributed by atoms with Crippen molar-refractivity contribution < 1.29 is 8.42 Å². The van der Waals surface area contributed by atoms with Crippen molar-refractivity contribution in [3.05, 3.63) is 28.1 Å². The molecule has 0 unspecified atom stereocenters. The minimum Gasteiger partial charge on any atom is -0.313 e. The van der Waals surface area contributed by atoms with E-state index in [-0.39, 0.29) is 4.21 Å². The number of hydrogen-bond acceptors (Lipinski definition) is 4. The number of nitrogens with one attached hydrogen (secondary N) is 2. The lowest BCUT2D eigenvalue weighted by Crippen LogP contribution is -2.26. The molecule has 1 aromatic heterocycles. The van der Waals surface area contributed by atoms with Gasteiger partial charge in [-0.1, -0.05) is 23.3 Å². The van der Waals surface area contributed by atoms with E-state index in [1.54, 1.807) is 6.07 Å². The Labute approximate surface area is 116 Å². The van der Waals surface area contributed by atoms with Gasteiger partial charge in [0.1, 0.15) is 4.21 Å². The van der Waals surface area contributed by atoms with Crippen LogP contribution in [0, 0.1) is 0 Å². The maximum Gasteiger partial charge on any atom is 0.250 e. The van der Waals surface area contributed by atoms with Crippen LogP contribution in [-0.4, -0.2) is 28.1 Å². The van der Waals surface area contributed by atoms with E-state index in [4.69, 9.17) is 11.6 Å². The van der Waals surface area contributed by atoms with Crippen molar-refractivity contribution in [1.82, 2.24) is 10.0 Å². The van der Waals surface area contributed by atoms with E-state index in [1.807, 2.05) is 0 Å². The van der Waals surface area contributed by atoms with Gasteiger partial charge in [0.05, 0.1) is 4.34 Å². The molecular formula is C11H15ClN2O2S2. The lowest BCUT2D eigenvalue weighted by atomic mass is 10.1. The molecule has 0 aromatic carbocycles. The van der Waals surface area contributed by atoms with Gasteiger partial charge in [-0.25, -0.2) is 13.1 Å². The monoisotopic (exact) mass is 306 g/mol. The van der Waals surface area contributed by atoms with Crippen LogP contribution in [0.25, 0.3) is 0 Å². The summed E-state index contributed by atoms with van der Waals surface area (Å²) < 4.78 is 27.1. The minimum absolute atomic E-state index is 0.270. The second kappa shape index (κ2) is 6.16. The molecule has 4 nitrogen and oxygen atoms in total. The first kappa shape index (κ1) is 14.0. The molecule has 0 atom stereocenters. The molecule has 2 heterocycles. The largest absolute Gasteiger partial charge is 0.313 e. The van der Waals surface area contributed by atoms with Crippen LogP contribution in [0.3, 0.4) is 0 Å². The topological polar surface area (TPSA) is 58.2 Å². The number of rotatable bonds is 5. The second-order valence-corrected chi connectivity index (χ2v) is 7.73. The van der Waals surface area contributed by atoms with Crippen LogP contribution in [0.15, 0.2) is 28.0 Å². The summed E-state index contributed by atoms with van der Waals surface area (Å²) in [6.45, 7) is 2.28. The summed E-state index contributed by atoms with van der Waals surface area (Å²) in [5.41, 5.74) is 1.31. The highest BCUT2D eigenvalue weighted by Gasteiger charge is 2.16. The van der Waals surface area contributed by atoms with Crippen LogP contribution in [-0.2, 0) is 10.0 Å². The van der Waals surface area contributed by atoms with Gasteiger partial charge >= 0.3 is 0 Å². The van der Waals surface area contributed by atoms with Crippen LogP contribution in [0.5, 0.6) is 0 Å². The van der Waals surface area contributed by atoms with E-state index >= 15 is 0 Å². The van der Waals surface area contributed by atoms with Gasteiger partial charge in [0.15, 0.2) is 0 Å². The van der Waals surface area contributed by atoms with Crippen molar-refractivity contribution in [3.63, 3.8) is 0 Å². The molecule has 0 saturated heterocycles. The molecule has 0 radical (unpaired) electrons. The number of thiophene rings is 1. The highest BCUT2D eigenvalue weighted by Crippen LogP contribution is 2.25. The molecule has 1 aliphatic rings. The molecule has 0 fully saturated rings. The Hall–Kier alpha value is -0.400. The maximum absolute atomic E-state index is 11.9. The first-order valence-electron chi connectivity index (χ1n) is 5.71. The smallest absolute Gasteiger partial charge is 0.250 e. The Morgan fingerprint density at radius 3 is 2.89 bits per heavy atom. The Bertz CT molecular complexity index is 537. The third kappa shape index (κ3) is 3.80. The zero-order valence-electron chi connectivity index (χ0n) is 9.78. The van der Waals surface area contributed by atoms with Gasteiger partial charge in [-0.15, -0.1) is 11.3 Å². The number of hydrogen-bond donors (Lipinski definition) is 2. The van der Waals surface area contributed by atoms with Gasteiger partial charge in [-0.2, -0.15) is 0 Å². The Morgan fingerprint density at radius 2 is 2.28 bits per heavy atom. The quantitative estimate of drug-likeness (QED) is 0.818. The Kier molecular flexibility index (Phi) is 4.80. The average Bonchev–Trinajstić information content (AvgIpc) is 2.78. The zero-order chi connectivity index (χ0) is 13.0. The van der Waals surface area contributed by atoms with Crippen molar-refractivity contribution in [2.24, 2.45) is 0 Å². The van der Waals surface area contributed by atoms with Gasteiger partial charge < -0.3 is 5.32 Å². The third-order valence-corrected chi connectivity index (χ3v) is 5.89. The van der Waals surface area contributed by atoms with Crippen LogP contribution in [0.1, 0.15) is 12.8 Å². The molecule has 0 aliphatic carbocycles. The molecule has 100 valence electrons. The van der Waals surface area contributed by atoms with Crippen LogP contribution in [0.2, 0.25) is 4.34 Å². The van der Waals surface area contributed by atoms with Crippen LogP contribution in [0.4, 0.5) is 0 Å². The Morgan fingerprint density at radius 1 is 1.44 bits per heavy atom. The molecule has 0 saturated carbocycles. The summed E-state index contributed by atoms with van der Waals surface area (Å²) in [6.07, 6.45) is 3.88. The molecule has 18 heavy (non-hydrogen) atoms. The highest BCUT2D eigenvalue weighted by atomic mass is 35.5. The molecule has 2 N–H and O–H groups in total. The zero-order valence-corrected chi connectivity index (χ0v) is 12.2. The SMILES string of the molecule is O=S(=O)(NCCC1=CCNCC1)c1ccc(Cl)s1. The maximum atomic E-state index is 11.9. The molecule has 2 rings (SSSR count). The van der Waals surface area contributed by atoms with E-state index in [2.05, 4.69) is 16.1 Å². The fourth-order valence-electron chi connectivity index (χ4n) is 1.76. The van der Waals surface area contributed by atoms with E-state index < -0.39 is 10.0 Å². The molecular weight excluding hydrogens is 292 g/mol. The van der Waals surface area contributed by atoms with E-state index in [9.17, 15) is 8.42 Å². The van der Waals surface area contributed by atoms with E-state index in [0.29, 0.717) is 10.9 Å². The predicted octanol–water partition coefficient (Wildman–Crippen LogP) is 1.99. The average molecular weight is 307 g/mol. The molecule has 0 bridgehead atoms. The first-order chi connectivity index (χ1) is 8.58. The third-order valence-electron chi connectivity index (χ3n) is 2.71. The van der Waals surface area contributed by atoms with Crippen molar-refractivity contribution >= 4 is 33.0 Å². The van der Waals surface area contributed by atoms with Gasteiger partial charge in [0.25, 0.3) is 0 Å². The van der Waals surface area contributed by atoms with E-state index in [0.717, 1.165) is 37.3 Å². The first-order valence-corrected chi connectivity index (χ1v) is 8.39. The van der Waals surface area contributed by atoms with Gasteiger partial charge in [-0.05, 0) is 31.5 Å². The summed E-state index contributed by atoms with van der Waals surface area (Å²) in [5, 5.41) is 3.22. The summed E-state index contributed by atoms with van der Waals surface area (Å²) in [7, 11) is -3.40.